The fourth-order valence-corrected chi connectivity index (χ4v) is 3.24. The first-order chi connectivity index (χ1) is 13.6. The third kappa shape index (κ3) is 6.14. The van der Waals surface area contributed by atoms with Crippen LogP contribution in [0.25, 0.3) is 0 Å². The topological polar surface area (TPSA) is 84.7 Å². The van der Waals surface area contributed by atoms with Gasteiger partial charge in [0.2, 0.25) is 5.91 Å². The number of piperidine rings is 1. The van der Waals surface area contributed by atoms with Crippen molar-refractivity contribution in [3.8, 4) is 0 Å². The smallest absolute Gasteiger partial charge is 0.269 e. The van der Waals surface area contributed by atoms with E-state index in [-0.39, 0.29) is 17.7 Å². The lowest BCUT2D eigenvalue weighted by Crippen LogP contribution is -2.38. The number of carbonyl (C=O) groups is 1. The Labute approximate surface area is 164 Å². The summed E-state index contributed by atoms with van der Waals surface area (Å²) in [6, 6.07) is 16.0. The Balaban J connectivity index is 1.33. The van der Waals surface area contributed by atoms with Crippen LogP contribution in [0.15, 0.2) is 54.6 Å². The second kappa shape index (κ2) is 9.96. The first-order valence-corrected chi connectivity index (χ1v) is 9.52. The van der Waals surface area contributed by atoms with Crippen LogP contribution in [0.1, 0.15) is 24.8 Å². The van der Waals surface area contributed by atoms with Gasteiger partial charge >= 0.3 is 0 Å². The molecule has 1 heterocycles. The molecule has 7 heteroatoms. The van der Waals surface area contributed by atoms with Crippen molar-refractivity contribution in [1.82, 2.24) is 4.90 Å². The highest BCUT2D eigenvalue weighted by Gasteiger charge is 2.20. The molecule has 0 spiro atoms. The number of ether oxygens (including phenoxy) is 1. The van der Waals surface area contributed by atoms with Gasteiger partial charge in [-0.25, -0.2) is 0 Å². The molecule has 0 saturated carbocycles. The number of nitrogens with zero attached hydrogens (tertiary/aromatic N) is 2. The Morgan fingerprint density at radius 3 is 2.43 bits per heavy atom. The highest BCUT2D eigenvalue weighted by molar-refractivity contribution is 5.90. The number of nitro groups is 1. The third-order valence-corrected chi connectivity index (χ3v) is 4.88. The number of hydrogen-bond donors (Lipinski definition) is 1. The van der Waals surface area contributed by atoms with E-state index in [2.05, 4.69) is 22.3 Å². The number of rotatable bonds is 8. The zero-order valence-electron chi connectivity index (χ0n) is 15.8. The fraction of sp³-hybridized carbons (Fsp3) is 0.381. The second-order valence-electron chi connectivity index (χ2n) is 6.94. The minimum atomic E-state index is -0.460. The van der Waals surface area contributed by atoms with Crippen LogP contribution in [0.2, 0.25) is 0 Å². The molecule has 1 amide bonds. The first-order valence-electron chi connectivity index (χ1n) is 9.52. The Kier molecular flexibility index (Phi) is 7.11. The Hall–Kier alpha value is -2.77. The number of anilines is 1. The van der Waals surface area contributed by atoms with Gasteiger partial charge in [0.15, 0.2) is 0 Å². The van der Waals surface area contributed by atoms with Crippen LogP contribution in [0, 0.1) is 10.1 Å². The summed E-state index contributed by atoms with van der Waals surface area (Å²) in [6.45, 7) is 3.18. The van der Waals surface area contributed by atoms with Crippen molar-refractivity contribution in [2.75, 3.05) is 25.0 Å². The fourth-order valence-electron chi connectivity index (χ4n) is 3.24. The molecular weight excluding hydrogens is 358 g/mol. The number of amides is 1. The van der Waals surface area contributed by atoms with E-state index in [9.17, 15) is 14.9 Å². The normalized spacial score (nSPS) is 15.3. The van der Waals surface area contributed by atoms with Gasteiger partial charge in [-0.2, -0.15) is 0 Å². The van der Waals surface area contributed by atoms with E-state index in [1.54, 1.807) is 12.1 Å². The molecule has 0 aromatic heterocycles. The molecule has 1 aliphatic heterocycles. The van der Waals surface area contributed by atoms with Gasteiger partial charge in [-0.1, -0.05) is 30.3 Å². The van der Waals surface area contributed by atoms with Crippen molar-refractivity contribution >= 4 is 17.3 Å². The quantitative estimate of drug-likeness (QED) is 0.556. The predicted molar refractivity (Wildman–Crippen MR) is 107 cm³/mol. The molecule has 1 N–H and O–H groups in total. The van der Waals surface area contributed by atoms with Crippen LogP contribution in [-0.2, 0) is 16.1 Å². The van der Waals surface area contributed by atoms with E-state index in [1.807, 2.05) is 18.2 Å². The number of non-ortho nitro benzene ring substituents is 1. The Morgan fingerprint density at radius 2 is 1.79 bits per heavy atom. The summed E-state index contributed by atoms with van der Waals surface area (Å²) < 4.78 is 5.99. The minimum absolute atomic E-state index is 0.00959. The van der Waals surface area contributed by atoms with Crippen LogP contribution >= 0.6 is 0 Å². The van der Waals surface area contributed by atoms with Crippen molar-refractivity contribution in [2.24, 2.45) is 0 Å². The molecular formula is C21H25N3O4. The van der Waals surface area contributed by atoms with Gasteiger partial charge in [-0.3, -0.25) is 14.9 Å². The summed E-state index contributed by atoms with van der Waals surface area (Å²) in [6.07, 6.45) is 2.60. The lowest BCUT2D eigenvalue weighted by Gasteiger charge is -2.31. The largest absolute Gasteiger partial charge is 0.373 e. The average molecular weight is 383 g/mol. The SMILES string of the molecule is O=C(CCN1CCC(OCc2ccccc2)CC1)Nc1ccc([N+](=O)[O-])cc1. The van der Waals surface area contributed by atoms with E-state index < -0.39 is 4.92 Å². The standard InChI is InChI=1S/C21H25N3O4/c25-21(22-18-6-8-19(9-7-18)24(26)27)12-15-23-13-10-20(11-14-23)28-16-17-4-2-1-3-5-17/h1-9,20H,10-16H2,(H,22,25). The maximum atomic E-state index is 12.1. The van der Waals surface area contributed by atoms with Gasteiger partial charge in [0, 0.05) is 43.9 Å². The van der Waals surface area contributed by atoms with Crippen LogP contribution < -0.4 is 5.32 Å². The second-order valence-corrected chi connectivity index (χ2v) is 6.94. The maximum absolute atomic E-state index is 12.1. The number of nitro benzene ring substituents is 1. The van der Waals surface area contributed by atoms with Crippen LogP contribution in [-0.4, -0.2) is 41.5 Å². The zero-order valence-corrected chi connectivity index (χ0v) is 15.8. The van der Waals surface area contributed by atoms with E-state index in [0.29, 0.717) is 25.3 Å². The van der Waals surface area contributed by atoms with Gasteiger partial charge < -0.3 is 15.0 Å². The molecule has 0 bridgehead atoms. The molecule has 0 unspecified atom stereocenters. The first kappa shape index (κ1) is 20.0. The molecule has 2 aromatic rings. The molecule has 1 saturated heterocycles. The molecule has 148 valence electrons. The summed E-state index contributed by atoms with van der Waals surface area (Å²) in [4.78, 5) is 24.6. The molecule has 0 radical (unpaired) electrons. The predicted octanol–water partition coefficient (Wildman–Crippen LogP) is 3.60. The molecule has 2 aromatic carbocycles. The molecule has 1 fully saturated rings. The van der Waals surface area contributed by atoms with Gasteiger partial charge in [-0.05, 0) is 30.5 Å². The third-order valence-electron chi connectivity index (χ3n) is 4.88. The van der Waals surface area contributed by atoms with Gasteiger partial charge in [0.25, 0.3) is 5.69 Å². The summed E-state index contributed by atoms with van der Waals surface area (Å²) in [5.41, 5.74) is 1.77. The van der Waals surface area contributed by atoms with Gasteiger partial charge in [0.1, 0.15) is 0 Å². The molecule has 0 atom stereocenters. The monoisotopic (exact) mass is 383 g/mol. The molecule has 3 rings (SSSR count). The van der Waals surface area contributed by atoms with Crippen molar-refractivity contribution in [3.63, 3.8) is 0 Å². The van der Waals surface area contributed by atoms with Crippen LogP contribution in [0.5, 0.6) is 0 Å². The van der Waals surface area contributed by atoms with Gasteiger partial charge in [0.05, 0.1) is 17.6 Å². The number of carbonyl (C=O) groups excluding carboxylic acids is 1. The highest BCUT2D eigenvalue weighted by atomic mass is 16.6. The van der Waals surface area contributed by atoms with E-state index in [4.69, 9.17) is 4.74 Å². The summed E-state index contributed by atoms with van der Waals surface area (Å²) in [5.74, 6) is -0.0868. The maximum Gasteiger partial charge on any atom is 0.269 e. The number of hydrogen-bond acceptors (Lipinski definition) is 5. The van der Waals surface area contributed by atoms with E-state index >= 15 is 0 Å². The Bertz CT molecular complexity index is 772. The minimum Gasteiger partial charge on any atom is -0.373 e. The summed E-state index contributed by atoms with van der Waals surface area (Å²) >= 11 is 0. The summed E-state index contributed by atoms with van der Waals surface area (Å²) in [5, 5.41) is 13.4. The van der Waals surface area contributed by atoms with Crippen LogP contribution in [0.4, 0.5) is 11.4 Å². The molecule has 1 aliphatic rings. The van der Waals surface area contributed by atoms with Crippen molar-refractivity contribution in [2.45, 2.75) is 32.0 Å². The molecule has 28 heavy (non-hydrogen) atoms. The Morgan fingerprint density at radius 1 is 1.11 bits per heavy atom. The van der Waals surface area contributed by atoms with Crippen molar-refractivity contribution in [1.29, 1.82) is 0 Å². The number of nitrogens with one attached hydrogen (secondary N) is 1. The number of likely N-dealkylation sites (tertiary alicyclic amines) is 1. The summed E-state index contributed by atoms with van der Waals surface area (Å²) in [7, 11) is 0. The average Bonchev–Trinajstić information content (AvgIpc) is 2.72. The van der Waals surface area contributed by atoms with Crippen LogP contribution in [0.3, 0.4) is 0 Å². The zero-order chi connectivity index (χ0) is 19.8. The van der Waals surface area contributed by atoms with E-state index in [0.717, 1.165) is 25.9 Å². The highest BCUT2D eigenvalue weighted by Crippen LogP contribution is 2.17. The molecule has 0 aliphatic carbocycles. The lowest BCUT2D eigenvalue weighted by atomic mass is 10.1. The van der Waals surface area contributed by atoms with E-state index in [1.165, 1.54) is 17.7 Å². The van der Waals surface area contributed by atoms with Gasteiger partial charge in [-0.15, -0.1) is 0 Å². The number of benzene rings is 2. The lowest BCUT2D eigenvalue weighted by molar-refractivity contribution is -0.384. The molecule has 7 nitrogen and oxygen atoms in total. The van der Waals surface area contributed by atoms with Crippen molar-refractivity contribution < 1.29 is 14.5 Å². The van der Waals surface area contributed by atoms with Crippen molar-refractivity contribution in [3.05, 3.63) is 70.3 Å².